The van der Waals surface area contributed by atoms with Gasteiger partial charge in [0.2, 0.25) is 0 Å². The molecule has 2 unspecified atom stereocenters. The second-order valence-corrected chi connectivity index (χ2v) is 8.44. The van der Waals surface area contributed by atoms with Crippen molar-refractivity contribution in [3.8, 4) is 0 Å². The number of nitrogens with zero attached hydrogens (tertiary/aromatic N) is 6. The van der Waals surface area contributed by atoms with Crippen LogP contribution in [0.3, 0.4) is 0 Å². The van der Waals surface area contributed by atoms with Gasteiger partial charge in [0.05, 0.1) is 0 Å². The van der Waals surface area contributed by atoms with E-state index >= 15 is 0 Å². The predicted octanol–water partition coefficient (Wildman–Crippen LogP) is 2.03. The van der Waals surface area contributed by atoms with Crippen LogP contribution in [0.5, 0.6) is 0 Å². The van der Waals surface area contributed by atoms with E-state index in [1.54, 1.807) is 6.07 Å². The molecular weight excluding hydrogens is 340 g/mol. The highest BCUT2D eigenvalue weighted by Gasteiger charge is 2.39. The quantitative estimate of drug-likeness (QED) is 0.698. The van der Waals surface area contributed by atoms with Gasteiger partial charge in [0.15, 0.2) is 11.5 Å². The maximum atomic E-state index is 12.2. The predicted molar refractivity (Wildman–Crippen MR) is 101 cm³/mol. The van der Waals surface area contributed by atoms with Crippen LogP contribution in [0.1, 0.15) is 43.1 Å². The summed E-state index contributed by atoms with van der Waals surface area (Å²) in [5.41, 5.74) is 2.12. The van der Waals surface area contributed by atoms with E-state index in [1.165, 1.54) is 12.1 Å². The first-order valence-electron chi connectivity index (χ1n) is 9.84. The van der Waals surface area contributed by atoms with Gasteiger partial charge < -0.3 is 9.47 Å². The van der Waals surface area contributed by atoms with Crippen LogP contribution in [0.15, 0.2) is 35.1 Å². The minimum atomic E-state index is 0.128. The molecule has 1 saturated heterocycles. The van der Waals surface area contributed by atoms with Gasteiger partial charge in [-0.2, -0.15) is 4.52 Å². The molecule has 3 aliphatic rings. The molecule has 0 spiro atoms. The zero-order valence-corrected chi connectivity index (χ0v) is 15.3. The Labute approximate surface area is 156 Å². The number of piperidine rings is 1. The maximum absolute atomic E-state index is 12.2. The number of hydrogen-bond donors (Lipinski definition) is 0. The molecule has 0 N–H and O–H groups in total. The van der Waals surface area contributed by atoms with Crippen molar-refractivity contribution in [2.24, 2.45) is 11.8 Å². The van der Waals surface area contributed by atoms with Crippen molar-refractivity contribution in [1.29, 1.82) is 0 Å². The van der Waals surface area contributed by atoms with Gasteiger partial charge in [-0.25, -0.2) is 0 Å². The lowest BCUT2D eigenvalue weighted by Gasteiger charge is -2.43. The van der Waals surface area contributed by atoms with Crippen LogP contribution in [0.2, 0.25) is 0 Å². The minimum absolute atomic E-state index is 0.128. The van der Waals surface area contributed by atoms with Gasteiger partial charge in [0, 0.05) is 43.2 Å². The van der Waals surface area contributed by atoms with Crippen LogP contribution >= 0.6 is 0 Å². The summed E-state index contributed by atoms with van der Waals surface area (Å²) in [6.07, 6.45) is 2.33. The highest BCUT2D eigenvalue weighted by Crippen LogP contribution is 2.46. The van der Waals surface area contributed by atoms with E-state index in [-0.39, 0.29) is 5.56 Å². The molecule has 1 aliphatic carbocycles. The Kier molecular flexibility index (Phi) is 3.08. The van der Waals surface area contributed by atoms with Gasteiger partial charge in [0.25, 0.3) is 5.56 Å². The fourth-order valence-electron chi connectivity index (χ4n) is 4.96. The van der Waals surface area contributed by atoms with Crippen LogP contribution < -0.4 is 10.5 Å². The summed E-state index contributed by atoms with van der Waals surface area (Å²) < 4.78 is 3.91. The smallest absolute Gasteiger partial charge is 0.250 e. The van der Waals surface area contributed by atoms with E-state index in [1.807, 2.05) is 21.2 Å². The molecule has 6 rings (SSSR count). The second kappa shape index (κ2) is 5.41. The molecule has 2 bridgehead atoms. The van der Waals surface area contributed by atoms with Crippen LogP contribution in [0, 0.1) is 11.8 Å². The fourth-order valence-corrected chi connectivity index (χ4v) is 4.96. The summed E-state index contributed by atoms with van der Waals surface area (Å²) in [5, 5.41) is 13.6. The Morgan fingerprint density at radius 3 is 2.78 bits per heavy atom. The third kappa shape index (κ3) is 2.33. The molecule has 2 aliphatic heterocycles. The van der Waals surface area contributed by atoms with Crippen LogP contribution in [0.25, 0.3) is 5.65 Å². The average molecular weight is 362 g/mol. The van der Waals surface area contributed by atoms with E-state index in [4.69, 9.17) is 5.10 Å². The molecule has 2 fully saturated rings. The Morgan fingerprint density at radius 1 is 1.04 bits per heavy atom. The summed E-state index contributed by atoms with van der Waals surface area (Å²) in [6, 6.07) is 9.75. The number of fused-ring (bicyclic) bond motifs is 5. The number of hydrogen-bond acceptors (Lipinski definition) is 5. The normalized spacial score (nSPS) is 29.0. The Balaban J connectivity index is 1.36. The van der Waals surface area contributed by atoms with E-state index in [9.17, 15) is 4.79 Å². The summed E-state index contributed by atoms with van der Waals surface area (Å²) in [4.78, 5) is 14.6. The van der Waals surface area contributed by atoms with Gasteiger partial charge in [-0.15, -0.1) is 15.3 Å². The Bertz CT molecular complexity index is 1100. The third-order valence-electron chi connectivity index (χ3n) is 6.52. The number of anilines is 1. The number of aromatic nitrogens is 5. The molecule has 0 aromatic carbocycles. The van der Waals surface area contributed by atoms with E-state index < -0.39 is 0 Å². The molecule has 27 heavy (non-hydrogen) atoms. The molecule has 0 amide bonds. The van der Waals surface area contributed by atoms with Crippen LogP contribution in [-0.4, -0.2) is 37.5 Å². The zero-order chi connectivity index (χ0) is 18.1. The third-order valence-corrected chi connectivity index (χ3v) is 6.52. The summed E-state index contributed by atoms with van der Waals surface area (Å²) >= 11 is 0. The lowest BCUT2D eigenvalue weighted by Crippen LogP contribution is -2.47. The van der Waals surface area contributed by atoms with Crippen LogP contribution in [-0.2, 0) is 6.54 Å². The summed E-state index contributed by atoms with van der Waals surface area (Å²) in [7, 11) is 0. The fraction of sp³-hybridized carbons (Fsp3) is 0.500. The van der Waals surface area contributed by atoms with E-state index in [0.29, 0.717) is 23.7 Å². The summed E-state index contributed by atoms with van der Waals surface area (Å²) in [6.45, 7) is 4.89. The van der Waals surface area contributed by atoms with Crippen molar-refractivity contribution in [2.75, 3.05) is 18.0 Å². The molecule has 0 radical (unpaired) electrons. The highest BCUT2D eigenvalue weighted by atomic mass is 16.1. The maximum Gasteiger partial charge on any atom is 0.250 e. The molecule has 7 nitrogen and oxygen atoms in total. The van der Waals surface area contributed by atoms with Gasteiger partial charge in [-0.05, 0) is 42.9 Å². The standard InChI is InChI=1S/C20H22N6O/c1-12-7-15(12)20-22-21-17-5-6-18(23-26(17)20)24-9-13-8-14(11-24)16-3-2-4-19(27)25(16)10-13/h2-6,12-15H,7-11H2,1H3/t12?,13-,14+,15?/m0/s1. The second-order valence-electron chi connectivity index (χ2n) is 8.44. The largest absolute Gasteiger partial charge is 0.354 e. The molecule has 3 aromatic rings. The zero-order valence-electron chi connectivity index (χ0n) is 15.3. The molecule has 138 valence electrons. The Morgan fingerprint density at radius 2 is 1.93 bits per heavy atom. The van der Waals surface area contributed by atoms with Crippen molar-refractivity contribution < 1.29 is 0 Å². The van der Waals surface area contributed by atoms with Crippen LogP contribution in [0.4, 0.5) is 5.82 Å². The minimum Gasteiger partial charge on any atom is -0.354 e. The Hall–Kier alpha value is -2.70. The molecule has 3 aromatic heterocycles. The van der Waals surface area contributed by atoms with Crippen molar-refractivity contribution in [1.82, 2.24) is 24.4 Å². The van der Waals surface area contributed by atoms with Crippen molar-refractivity contribution in [3.63, 3.8) is 0 Å². The number of pyridine rings is 1. The monoisotopic (exact) mass is 362 g/mol. The lowest BCUT2D eigenvalue weighted by atomic mass is 9.83. The average Bonchev–Trinajstić information content (AvgIpc) is 3.24. The molecular formula is C20H22N6O. The molecule has 7 heteroatoms. The number of rotatable bonds is 2. The first-order chi connectivity index (χ1) is 13.2. The molecule has 1 saturated carbocycles. The van der Waals surface area contributed by atoms with E-state index in [0.717, 1.165) is 43.3 Å². The van der Waals surface area contributed by atoms with E-state index in [2.05, 4.69) is 34.2 Å². The van der Waals surface area contributed by atoms with Gasteiger partial charge in [-0.3, -0.25) is 4.79 Å². The van der Waals surface area contributed by atoms with Crippen molar-refractivity contribution in [2.45, 2.75) is 38.1 Å². The van der Waals surface area contributed by atoms with Gasteiger partial charge >= 0.3 is 0 Å². The van der Waals surface area contributed by atoms with Crippen molar-refractivity contribution in [3.05, 3.63) is 52.2 Å². The summed E-state index contributed by atoms with van der Waals surface area (Å²) in [5.74, 6) is 4.01. The SMILES string of the molecule is CC1CC1c1nnc2ccc(N3C[C@@H]4C[C@H](C3)c3cccc(=O)n3C4)nn12. The van der Waals surface area contributed by atoms with Gasteiger partial charge in [-0.1, -0.05) is 13.0 Å². The first kappa shape index (κ1) is 15.4. The topological polar surface area (TPSA) is 68.3 Å². The molecule has 4 atom stereocenters. The molecule has 5 heterocycles. The van der Waals surface area contributed by atoms with Crippen molar-refractivity contribution >= 4 is 11.5 Å². The highest BCUT2D eigenvalue weighted by molar-refractivity contribution is 5.47. The van der Waals surface area contributed by atoms with Gasteiger partial charge in [0.1, 0.15) is 5.82 Å². The lowest BCUT2D eigenvalue weighted by molar-refractivity contribution is 0.280. The first-order valence-corrected chi connectivity index (χ1v) is 9.84.